The molecule has 39 heavy (non-hydrogen) atoms. The average Bonchev–Trinajstić information content (AvgIpc) is 3.36. The number of carboxylic acids is 1. The fraction of sp³-hybridized carbons (Fsp3) is 0.423. The summed E-state index contributed by atoms with van der Waals surface area (Å²) in [4.78, 5) is 39.8. The van der Waals surface area contributed by atoms with Gasteiger partial charge in [-0.1, -0.05) is 42.5 Å². The maximum absolute atomic E-state index is 13.8. The molecule has 2 aromatic carbocycles. The van der Waals surface area contributed by atoms with Gasteiger partial charge in [0.05, 0.1) is 21.4 Å². The number of nitrogens with one attached hydrogen (secondary N) is 1. The smallest absolute Gasteiger partial charge is 0.305 e. The van der Waals surface area contributed by atoms with Crippen LogP contribution < -0.4 is 5.32 Å². The van der Waals surface area contributed by atoms with E-state index in [1.165, 1.54) is 18.2 Å². The Labute approximate surface area is 235 Å². The van der Waals surface area contributed by atoms with Crippen LogP contribution in [-0.2, 0) is 19.6 Å². The molecule has 2 aliphatic rings. The first kappa shape index (κ1) is 29.3. The van der Waals surface area contributed by atoms with E-state index in [0.29, 0.717) is 0 Å². The number of carbonyl (C=O) groups excluding carboxylic acids is 2. The first-order valence-electron chi connectivity index (χ1n) is 12.5. The minimum Gasteiger partial charge on any atom is -0.481 e. The molecule has 1 saturated heterocycles. The molecule has 13 heteroatoms. The van der Waals surface area contributed by atoms with Crippen molar-refractivity contribution < 1.29 is 32.3 Å². The zero-order chi connectivity index (χ0) is 28.3. The lowest BCUT2D eigenvalue weighted by Crippen LogP contribution is -2.56. The van der Waals surface area contributed by atoms with Gasteiger partial charge in [-0.3, -0.25) is 14.4 Å². The SMILES string of the molecule is O=C(O)CC(NC(=O)C1N(C(=O)c2ccc(Cl)c(Cl)c2)CCN1S(=O)(=O)c1ccc(F)cc1)C1CCCCC1. The quantitative estimate of drug-likeness (QED) is 0.470. The molecule has 1 saturated carbocycles. The minimum atomic E-state index is -4.35. The molecule has 1 aliphatic heterocycles. The van der Waals surface area contributed by atoms with Crippen LogP contribution in [0, 0.1) is 11.7 Å². The summed E-state index contributed by atoms with van der Waals surface area (Å²) in [5, 5.41) is 12.6. The number of rotatable bonds is 8. The lowest BCUT2D eigenvalue weighted by Gasteiger charge is -2.34. The summed E-state index contributed by atoms with van der Waals surface area (Å²) in [6.07, 6.45) is 2.32. The van der Waals surface area contributed by atoms with Crippen LogP contribution >= 0.6 is 23.2 Å². The number of amides is 2. The molecule has 2 aromatic rings. The van der Waals surface area contributed by atoms with Gasteiger partial charge in [-0.2, -0.15) is 4.31 Å². The fourth-order valence-electron chi connectivity index (χ4n) is 5.20. The van der Waals surface area contributed by atoms with Crippen molar-refractivity contribution in [3.63, 3.8) is 0 Å². The first-order valence-corrected chi connectivity index (χ1v) is 14.7. The van der Waals surface area contributed by atoms with Crippen molar-refractivity contribution in [2.24, 2.45) is 5.92 Å². The monoisotopic (exact) mass is 599 g/mol. The number of carboxylic acid groups (broad SMARTS) is 1. The van der Waals surface area contributed by atoms with Crippen LogP contribution in [0.4, 0.5) is 4.39 Å². The maximum Gasteiger partial charge on any atom is 0.305 e. The van der Waals surface area contributed by atoms with E-state index >= 15 is 0 Å². The van der Waals surface area contributed by atoms with Crippen molar-refractivity contribution in [3.8, 4) is 0 Å². The highest BCUT2D eigenvalue weighted by Gasteiger charge is 2.47. The molecule has 0 aromatic heterocycles. The molecule has 2 unspecified atom stereocenters. The topological polar surface area (TPSA) is 124 Å². The fourth-order valence-corrected chi connectivity index (χ4v) is 7.04. The molecular formula is C26H28Cl2FN3O6S. The highest BCUT2D eigenvalue weighted by Crippen LogP contribution is 2.31. The Kier molecular flexibility index (Phi) is 9.15. The molecule has 210 valence electrons. The normalized spacial score (nSPS) is 19.6. The third-order valence-electron chi connectivity index (χ3n) is 7.15. The van der Waals surface area contributed by atoms with Crippen molar-refractivity contribution in [2.45, 2.75) is 55.6 Å². The molecule has 0 bridgehead atoms. The minimum absolute atomic E-state index is 0.0950. The molecule has 4 rings (SSSR count). The summed E-state index contributed by atoms with van der Waals surface area (Å²) in [6.45, 7) is -0.331. The number of aliphatic carboxylic acids is 1. The molecule has 9 nitrogen and oxygen atoms in total. The summed E-state index contributed by atoms with van der Waals surface area (Å²) < 4.78 is 41.5. The summed E-state index contributed by atoms with van der Waals surface area (Å²) >= 11 is 12.1. The summed E-state index contributed by atoms with van der Waals surface area (Å²) in [5.74, 6) is -3.30. The largest absolute Gasteiger partial charge is 0.481 e. The van der Waals surface area contributed by atoms with Gasteiger partial charge in [0, 0.05) is 24.7 Å². The summed E-state index contributed by atoms with van der Waals surface area (Å²) in [7, 11) is -4.35. The second kappa shape index (κ2) is 12.2. The Bertz CT molecular complexity index is 1350. The third-order valence-corrected chi connectivity index (χ3v) is 9.76. The van der Waals surface area contributed by atoms with Crippen LogP contribution in [0.5, 0.6) is 0 Å². The van der Waals surface area contributed by atoms with E-state index in [1.807, 2.05) is 0 Å². The van der Waals surface area contributed by atoms with E-state index in [1.54, 1.807) is 0 Å². The van der Waals surface area contributed by atoms with Crippen molar-refractivity contribution >= 4 is 51.0 Å². The number of carbonyl (C=O) groups is 3. The Morgan fingerprint density at radius 3 is 2.28 bits per heavy atom. The number of hydrogen-bond acceptors (Lipinski definition) is 5. The molecule has 1 heterocycles. The van der Waals surface area contributed by atoms with Crippen LogP contribution in [0.1, 0.15) is 48.9 Å². The average molecular weight is 600 g/mol. The molecule has 2 fully saturated rings. The summed E-state index contributed by atoms with van der Waals surface area (Å²) in [6, 6.07) is 7.56. The van der Waals surface area contributed by atoms with Gasteiger partial charge in [0.25, 0.3) is 11.8 Å². The second-order valence-corrected chi connectivity index (χ2v) is 12.4. The lowest BCUT2D eigenvalue weighted by atomic mass is 9.82. The van der Waals surface area contributed by atoms with Crippen molar-refractivity contribution in [2.75, 3.05) is 13.1 Å². The van der Waals surface area contributed by atoms with Gasteiger partial charge in [0.15, 0.2) is 6.17 Å². The molecule has 1 aliphatic carbocycles. The second-order valence-electron chi connectivity index (χ2n) is 9.68. The van der Waals surface area contributed by atoms with E-state index in [2.05, 4.69) is 5.32 Å². The molecule has 0 spiro atoms. The van der Waals surface area contributed by atoms with E-state index in [9.17, 15) is 32.3 Å². The maximum atomic E-state index is 13.8. The standard InChI is InChI=1S/C26H28Cl2FN3O6S/c27-20-11-6-17(14-21(20)28)26(36)31-12-13-32(39(37,38)19-9-7-18(29)8-10-19)25(31)24(35)30-22(15-23(33)34)16-4-2-1-3-5-16/h6-11,14,16,22,25H,1-5,12-13,15H2,(H,30,35)(H,33,34). The number of hydrogen-bond donors (Lipinski definition) is 2. The Balaban J connectivity index is 1.70. The van der Waals surface area contributed by atoms with Gasteiger partial charge < -0.3 is 15.3 Å². The van der Waals surface area contributed by atoms with E-state index < -0.39 is 45.8 Å². The van der Waals surface area contributed by atoms with Crippen LogP contribution in [0.25, 0.3) is 0 Å². The van der Waals surface area contributed by atoms with Gasteiger partial charge in [-0.15, -0.1) is 0 Å². The van der Waals surface area contributed by atoms with Gasteiger partial charge in [0.2, 0.25) is 10.0 Å². The van der Waals surface area contributed by atoms with E-state index in [4.69, 9.17) is 23.2 Å². The van der Waals surface area contributed by atoms with Crippen molar-refractivity contribution in [1.82, 2.24) is 14.5 Å². The molecule has 2 atom stereocenters. The molecule has 2 amide bonds. The zero-order valence-electron chi connectivity index (χ0n) is 20.9. The van der Waals surface area contributed by atoms with Crippen molar-refractivity contribution in [1.29, 1.82) is 0 Å². The predicted molar refractivity (Wildman–Crippen MR) is 142 cm³/mol. The van der Waals surface area contributed by atoms with Crippen LogP contribution in [-0.4, -0.2) is 65.8 Å². The number of benzene rings is 2. The zero-order valence-corrected chi connectivity index (χ0v) is 23.2. The first-order chi connectivity index (χ1) is 18.5. The van der Waals surface area contributed by atoms with Gasteiger partial charge in [0.1, 0.15) is 5.82 Å². The number of sulfonamides is 1. The van der Waals surface area contributed by atoms with Crippen LogP contribution in [0.3, 0.4) is 0 Å². The van der Waals surface area contributed by atoms with Gasteiger partial charge >= 0.3 is 5.97 Å². The lowest BCUT2D eigenvalue weighted by molar-refractivity contribution is -0.138. The number of halogens is 3. The van der Waals surface area contributed by atoms with Crippen LogP contribution in [0.15, 0.2) is 47.4 Å². The summed E-state index contributed by atoms with van der Waals surface area (Å²) in [5.41, 5.74) is 0.0950. The van der Waals surface area contributed by atoms with Gasteiger partial charge in [-0.25, -0.2) is 12.8 Å². The van der Waals surface area contributed by atoms with E-state index in [0.717, 1.165) is 65.6 Å². The molecule has 0 radical (unpaired) electrons. The Morgan fingerprint density at radius 1 is 1.00 bits per heavy atom. The van der Waals surface area contributed by atoms with Crippen molar-refractivity contribution in [3.05, 3.63) is 63.9 Å². The molecular weight excluding hydrogens is 572 g/mol. The number of nitrogens with zero attached hydrogens (tertiary/aromatic N) is 2. The Hall–Kier alpha value is -2.73. The Morgan fingerprint density at radius 2 is 1.67 bits per heavy atom. The van der Waals surface area contributed by atoms with Gasteiger partial charge in [-0.05, 0) is 61.2 Å². The predicted octanol–water partition coefficient (Wildman–Crippen LogP) is 4.15. The third kappa shape index (κ3) is 6.54. The van der Waals surface area contributed by atoms with E-state index in [-0.39, 0.29) is 45.9 Å². The highest BCUT2D eigenvalue weighted by atomic mass is 35.5. The molecule has 2 N–H and O–H groups in total. The van der Waals surface area contributed by atoms with Crippen LogP contribution in [0.2, 0.25) is 10.0 Å². The highest BCUT2D eigenvalue weighted by molar-refractivity contribution is 7.89.